The van der Waals surface area contributed by atoms with Gasteiger partial charge in [0.25, 0.3) is 0 Å². The number of carbonyl (C=O) groups excluding carboxylic acids is 1. The summed E-state index contributed by atoms with van der Waals surface area (Å²) in [5.41, 5.74) is 0.111. The summed E-state index contributed by atoms with van der Waals surface area (Å²) in [6, 6.07) is 5.10. The highest BCUT2D eigenvalue weighted by atomic mass is 19.4. The first kappa shape index (κ1) is 18.8. The van der Waals surface area contributed by atoms with E-state index >= 15 is 0 Å². The molecule has 0 radical (unpaired) electrons. The minimum absolute atomic E-state index is 0.0859. The van der Waals surface area contributed by atoms with Crippen molar-refractivity contribution in [3.63, 3.8) is 0 Å². The lowest BCUT2D eigenvalue weighted by molar-refractivity contribution is -0.137. The highest BCUT2D eigenvalue weighted by molar-refractivity contribution is 5.78. The molecule has 1 aliphatic heterocycles. The summed E-state index contributed by atoms with van der Waals surface area (Å²) in [6.07, 6.45) is -3.17. The van der Waals surface area contributed by atoms with E-state index in [1.165, 1.54) is 12.1 Å². The van der Waals surface area contributed by atoms with E-state index in [-0.39, 0.29) is 12.5 Å². The predicted octanol–water partition coefficient (Wildman–Crippen LogP) is 3.64. The molecule has 1 amide bonds. The second kappa shape index (κ2) is 7.55. The minimum atomic E-state index is -4.32. The molecular weight excluding hydrogens is 317 g/mol. The maximum atomic E-state index is 12.6. The Balaban J connectivity index is 1.88. The van der Waals surface area contributed by atoms with Gasteiger partial charge in [0, 0.05) is 19.6 Å². The molecule has 2 rings (SSSR count). The summed E-state index contributed by atoms with van der Waals surface area (Å²) in [6.45, 7) is 6.61. The lowest BCUT2D eigenvalue weighted by atomic mass is 9.92. The average molecular weight is 342 g/mol. The van der Waals surface area contributed by atoms with E-state index in [9.17, 15) is 18.0 Å². The number of carbonyl (C=O) groups is 1. The standard InChI is InChI=1S/C18H25F3N2O/c1-13-8-14(2)10-23(9-13)17(24)12-22(3)11-15-4-6-16(7-5-15)18(19,20)21/h4-7,13-14H,8-12H2,1-3H3. The molecular formula is C18H25F3N2O. The molecule has 0 aliphatic carbocycles. The number of nitrogens with zero attached hydrogens (tertiary/aromatic N) is 2. The van der Waals surface area contributed by atoms with Crippen LogP contribution in [-0.2, 0) is 17.5 Å². The van der Waals surface area contributed by atoms with E-state index < -0.39 is 11.7 Å². The third-order valence-electron chi connectivity index (χ3n) is 4.36. The Kier molecular flexibility index (Phi) is 5.91. The van der Waals surface area contributed by atoms with E-state index in [0.717, 1.165) is 37.2 Å². The smallest absolute Gasteiger partial charge is 0.341 e. The van der Waals surface area contributed by atoms with Gasteiger partial charge in [-0.1, -0.05) is 26.0 Å². The molecule has 1 heterocycles. The van der Waals surface area contributed by atoms with E-state index in [0.29, 0.717) is 18.4 Å². The van der Waals surface area contributed by atoms with Crippen LogP contribution in [0.25, 0.3) is 0 Å². The topological polar surface area (TPSA) is 23.6 Å². The average Bonchev–Trinajstić information content (AvgIpc) is 2.45. The molecule has 1 aliphatic rings. The van der Waals surface area contributed by atoms with E-state index in [4.69, 9.17) is 0 Å². The Labute approximate surface area is 141 Å². The van der Waals surface area contributed by atoms with Crippen LogP contribution in [0.5, 0.6) is 0 Å². The molecule has 0 N–H and O–H groups in total. The molecule has 134 valence electrons. The predicted molar refractivity (Wildman–Crippen MR) is 87.3 cm³/mol. The van der Waals surface area contributed by atoms with Crippen LogP contribution < -0.4 is 0 Å². The molecule has 2 atom stereocenters. The summed E-state index contributed by atoms with van der Waals surface area (Å²) < 4.78 is 37.7. The van der Waals surface area contributed by atoms with Crippen LogP contribution in [-0.4, -0.2) is 42.4 Å². The van der Waals surface area contributed by atoms with Gasteiger partial charge in [0.2, 0.25) is 5.91 Å². The van der Waals surface area contributed by atoms with Crippen LogP contribution in [0.2, 0.25) is 0 Å². The van der Waals surface area contributed by atoms with Crippen molar-refractivity contribution in [1.82, 2.24) is 9.80 Å². The second-order valence-electron chi connectivity index (χ2n) is 7.11. The maximum Gasteiger partial charge on any atom is 0.416 e. The number of likely N-dealkylation sites (tertiary alicyclic amines) is 1. The van der Waals surface area contributed by atoms with E-state index in [1.54, 1.807) is 0 Å². The van der Waals surface area contributed by atoms with Crippen LogP contribution in [0.1, 0.15) is 31.4 Å². The molecule has 6 heteroatoms. The minimum Gasteiger partial charge on any atom is -0.341 e. The highest BCUT2D eigenvalue weighted by Gasteiger charge is 2.30. The molecule has 0 saturated carbocycles. The maximum absolute atomic E-state index is 12.6. The van der Waals surface area contributed by atoms with E-state index in [2.05, 4.69) is 13.8 Å². The molecule has 1 aromatic carbocycles. The SMILES string of the molecule is CC1CC(C)CN(C(=O)CN(C)Cc2ccc(C(F)(F)F)cc2)C1. The molecule has 0 spiro atoms. The summed E-state index contributed by atoms with van der Waals surface area (Å²) in [7, 11) is 1.81. The summed E-state index contributed by atoms with van der Waals surface area (Å²) in [5, 5.41) is 0. The Morgan fingerprint density at radius 2 is 1.71 bits per heavy atom. The lowest BCUT2D eigenvalue weighted by Crippen LogP contribution is -2.46. The zero-order chi connectivity index (χ0) is 17.9. The van der Waals surface area contributed by atoms with Crippen LogP contribution in [0.3, 0.4) is 0 Å². The monoisotopic (exact) mass is 342 g/mol. The third-order valence-corrected chi connectivity index (χ3v) is 4.36. The van der Waals surface area contributed by atoms with Crippen LogP contribution >= 0.6 is 0 Å². The van der Waals surface area contributed by atoms with Crippen molar-refractivity contribution < 1.29 is 18.0 Å². The largest absolute Gasteiger partial charge is 0.416 e. The van der Waals surface area contributed by atoms with Crippen LogP contribution in [0, 0.1) is 11.8 Å². The normalized spacial score (nSPS) is 22.0. The van der Waals surface area contributed by atoms with Gasteiger partial charge in [0.15, 0.2) is 0 Å². The number of halogens is 3. The fourth-order valence-corrected chi connectivity index (χ4v) is 3.36. The first-order chi connectivity index (χ1) is 11.1. The fraction of sp³-hybridized carbons (Fsp3) is 0.611. The first-order valence-electron chi connectivity index (χ1n) is 8.27. The number of benzene rings is 1. The summed E-state index contributed by atoms with van der Waals surface area (Å²) in [4.78, 5) is 16.2. The summed E-state index contributed by atoms with van der Waals surface area (Å²) in [5.74, 6) is 1.11. The summed E-state index contributed by atoms with van der Waals surface area (Å²) >= 11 is 0. The molecule has 0 aromatic heterocycles. The Bertz CT molecular complexity index is 546. The van der Waals surface area contributed by atoms with Crippen molar-refractivity contribution in [3.8, 4) is 0 Å². The molecule has 1 fully saturated rings. The van der Waals surface area contributed by atoms with Crippen molar-refractivity contribution >= 4 is 5.91 Å². The van der Waals surface area contributed by atoms with Gasteiger partial charge in [-0.2, -0.15) is 13.2 Å². The molecule has 1 saturated heterocycles. The van der Waals surface area contributed by atoms with Crippen molar-refractivity contribution in [2.24, 2.45) is 11.8 Å². The Morgan fingerprint density at radius 1 is 1.17 bits per heavy atom. The zero-order valence-corrected chi connectivity index (χ0v) is 14.4. The van der Waals surface area contributed by atoms with Gasteiger partial charge in [0.05, 0.1) is 12.1 Å². The van der Waals surface area contributed by atoms with Gasteiger partial charge in [-0.15, -0.1) is 0 Å². The molecule has 2 unspecified atom stereocenters. The molecule has 24 heavy (non-hydrogen) atoms. The number of hydrogen-bond donors (Lipinski definition) is 0. The molecule has 0 bridgehead atoms. The lowest BCUT2D eigenvalue weighted by Gasteiger charge is -2.35. The number of amides is 1. The van der Waals surface area contributed by atoms with Crippen LogP contribution in [0.4, 0.5) is 13.2 Å². The zero-order valence-electron chi connectivity index (χ0n) is 14.4. The Morgan fingerprint density at radius 3 is 2.21 bits per heavy atom. The number of alkyl halides is 3. The van der Waals surface area contributed by atoms with Crippen molar-refractivity contribution in [1.29, 1.82) is 0 Å². The van der Waals surface area contributed by atoms with E-state index in [1.807, 2.05) is 16.8 Å². The fourth-order valence-electron chi connectivity index (χ4n) is 3.36. The molecule has 1 aromatic rings. The third kappa shape index (κ3) is 5.23. The quantitative estimate of drug-likeness (QED) is 0.834. The second-order valence-corrected chi connectivity index (χ2v) is 7.11. The first-order valence-corrected chi connectivity index (χ1v) is 8.27. The van der Waals surface area contributed by atoms with Crippen molar-refractivity contribution in [2.75, 3.05) is 26.7 Å². The number of piperidine rings is 1. The van der Waals surface area contributed by atoms with Gasteiger partial charge in [-0.05, 0) is 43.0 Å². The Hall–Kier alpha value is -1.56. The van der Waals surface area contributed by atoms with Gasteiger partial charge < -0.3 is 4.90 Å². The van der Waals surface area contributed by atoms with Gasteiger partial charge >= 0.3 is 6.18 Å². The molecule has 3 nitrogen and oxygen atoms in total. The number of likely N-dealkylation sites (N-methyl/N-ethyl adjacent to an activating group) is 1. The van der Waals surface area contributed by atoms with Crippen molar-refractivity contribution in [2.45, 2.75) is 33.0 Å². The van der Waals surface area contributed by atoms with Crippen molar-refractivity contribution in [3.05, 3.63) is 35.4 Å². The number of rotatable bonds is 4. The van der Waals surface area contributed by atoms with Gasteiger partial charge in [-0.3, -0.25) is 9.69 Å². The number of hydrogen-bond acceptors (Lipinski definition) is 2. The van der Waals surface area contributed by atoms with Crippen LogP contribution in [0.15, 0.2) is 24.3 Å². The highest BCUT2D eigenvalue weighted by Crippen LogP contribution is 2.29. The van der Waals surface area contributed by atoms with Gasteiger partial charge in [0.1, 0.15) is 0 Å². The van der Waals surface area contributed by atoms with Gasteiger partial charge in [-0.25, -0.2) is 0 Å².